The molecular weight excluding hydrogens is 298 g/mol. The van der Waals surface area contributed by atoms with Crippen LogP contribution in [0.2, 0.25) is 0 Å². The smallest absolute Gasteiger partial charge is 0.342 e. The van der Waals surface area contributed by atoms with Crippen LogP contribution < -0.4 is 0 Å². The lowest BCUT2D eigenvalue weighted by molar-refractivity contribution is 0.0469. The second-order valence-corrected chi connectivity index (χ2v) is 4.61. The van der Waals surface area contributed by atoms with Gasteiger partial charge < -0.3 is 9.84 Å². The fourth-order valence-electron chi connectivity index (χ4n) is 1.86. The third-order valence-electron chi connectivity index (χ3n) is 3.03. The van der Waals surface area contributed by atoms with E-state index in [-0.39, 0.29) is 30.0 Å². The lowest BCUT2D eigenvalue weighted by atomic mass is 10.1. The molecule has 0 aliphatic heterocycles. The van der Waals surface area contributed by atoms with Gasteiger partial charge in [0.1, 0.15) is 17.9 Å². The number of azide groups is 1. The number of benzene rings is 2. The molecule has 7 heteroatoms. The number of ether oxygens (including phenoxy) is 1. The van der Waals surface area contributed by atoms with Crippen molar-refractivity contribution in [1.82, 2.24) is 0 Å². The highest BCUT2D eigenvalue weighted by molar-refractivity contribution is 6.01. The molecule has 23 heavy (non-hydrogen) atoms. The average molecular weight is 311 g/mol. The van der Waals surface area contributed by atoms with E-state index in [1.807, 2.05) is 18.2 Å². The van der Waals surface area contributed by atoms with Crippen molar-refractivity contribution < 1.29 is 19.4 Å². The van der Waals surface area contributed by atoms with E-state index in [2.05, 4.69) is 10.0 Å². The van der Waals surface area contributed by atoms with E-state index in [1.54, 1.807) is 12.1 Å². The molecule has 2 rings (SSSR count). The summed E-state index contributed by atoms with van der Waals surface area (Å²) in [5.41, 5.74) is 9.06. The summed E-state index contributed by atoms with van der Waals surface area (Å²) in [5, 5.41) is 12.9. The largest absolute Gasteiger partial charge is 0.507 e. The number of carbonyl (C=O) groups is 2. The van der Waals surface area contributed by atoms with Crippen molar-refractivity contribution >= 4 is 11.8 Å². The Balaban J connectivity index is 2.12. The van der Waals surface area contributed by atoms with Crippen molar-refractivity contribution in [3.63, 3.8) is 0 Å². The van der Waals surface area contributed by atoms with Gasteiger partial charge in [-0.05, 0) is 29.3 Å². The number of Topliss-reactive ketones (excluding diaryl/α,β-unsaturated/α-hetero) is 1. The second kappa shape index (κ2) is 7.63. The molecule has 116 valence electrons. The molecular formula is C16H13N3O4. The molecule has 0 amide bonds. The molecule has 0 heterocycles. The zero-order valence-electron chi connectivity index (χ0n) is 12.0. The monoisotopic (exact) mass is 311 g/mol. The van der Waals surface area contributed by atoms with Crippen LogP contribution in [0.4, 0.5) is 0 Å². The van der Waals surface area contributed by atoms with Crippen LogP contribution in [-0.2, 0) is 11.3 Å². The first-order valence-corrected chi connectivity index (χ1v) is 6.70. The predicted octanol–water partition coefficient (Wildman–Crippen LogP) is 3.24. The fraction of sp³-hybridized carbons (Fsp3) is 0.125. The van der Waals surface area contributed by atoms with E-state index in [4.69, 9.17) is 10.3 Å². The minimum absolute atomic E-state index is 0.0516. The Kier molecular flexibility index (Phi) is 5.33. The van der Waals surface area contributed by atoms with Crippen molar-refractivity contribution in [1.29, 1.82) is 0 Å². The number of hydrogen-bond acceptors (Lipinski definition) is 5. The summed E-state index contributed by atoms with van der Waals surface area (Å²) in [6.45, 7) is -0.310. The van der Waals surface area contributed by atoms with Gasteiger partial charge in [-0.1, -0.05) is 35.4 Å². The molecule has 0 aliphatic rings. The van der Waals surface area contributed by atoms with Crippen LogP contribution in [0, 0.1) is 0 Å². The number of rotatable bonds is 6. The van der Waals surface area contributed by atoms with Gasteiger partial charge in [-0.3, -0.25) is 4.79 Å². The van der Waals surface area contributed by atoms with E-state index >= 15 is 0 Å². The normalized spacial score (nSPS) is 9.74. The molecule has 0 aromatic heterocycles. The van der Waals surface area contributed by atoms with Crippen molar-refractivity contribution in [2.75, 3.05) is 6.54 Å². The van der Waals surface area contributed by atoms with Crippen molar-refractivity contribution in [3.05, 3.63) is 75.7 Å². The van der Waals surface area contributed by atoms with Crippen LogP contribution in [-0.4, -0.2) is 23.4 Å². The standard InChI is InChI=1S/C16H13N3O4/c17-19-18-9-15(21)12-6-7-14(20)13(8-12)16(22)23-10-11-4-2-1-3-5-11/h1-8,20H,9-10H2. The number of phenols is 1. The Morgan fingerprint density at radius 1 is 1.17 bits per heavy atom. The predicted molar refractivity (Wildman–Crippen MR) is 82.0 cm³/mol. The molecule has 0 unspecified atom stereocenters. The number of aromatic hydroxyl groups is 1. The van der Waals surface area contributed by atoms with Crippen molar-refractivity contribution in [2.45, 2.75) is 6.61 Å². The van der Waals surface area contributed by atoms with Crippen LogP contribution in [0.15, 0.2) is 53.6 Å². The van der Waals surface area contributed by atoms with Gasteiger partial charge in [-0.2, -0.15) is 0 Å². The third-order valence-corrected chi connectivity index (χ3v) is 3.03. The topological polar surface area (TPSA) is 112 Å². The summed E-state index contributed by atoms with van der Waals surface area (Å²) in [7, 11) is 0. The number of esters is 1. The molecule has 0 spiro atoms. The molecule has 0 saturated heterocycles. The maximum Gasteiger partial charge on any atom is 0.342 e. The number of hydrogen-bond donors (Lipinski definition) is 1. The SMILES string of the molecule is [N-]=[N+]=NCC(=O)c1ccc(O)c(C(=O)OCc2ccccc2)c1. The molecule has 0 fully saturated rings. The summed E-state index contributed by atoms with van der Waals surface area (Å²) in [6.07, 6.45) is 0. The molecule has 0 aliphatic carbocycles. The zero-order chi connectivity index (χ0) is 16.7. The van der Waals surface area contributed by atoms with Crippen LogP contribution in [0.3, 0.4) is 0 Å². The minimum Gasteiger partial charge on any atom is -0.507 e. The molecule has 0 bridgehead atoms. The van der Waals surface area contributed by atoms with Gasteiger partial charge in [-0.25, -0.2) is 4.79 Å². The highest BCUT2D eigenvalue weighted by Gasteiger charge is 2.16. The quantitative estimate of drug-likeness (QED) is 0.290. The van der Waals surface area contributed by atoms with E-state index in [0.717, 1.165) is 5.56 Å². The highest BCUT2D eigenvalue weighted by Crippen LogP contribution is 2.20. The first kappa shape index (κ1) is 16.1. The molecule has 7 nitrogen and oxygen atoms in total. The molecule has 0 atom stereocenters. The lowest BCUT2D eigenvalue weighted by Gasteiger charge is -2.08. The summed E-state index contributed by atoms with van der Waals surface area (Å²) in [5.74, 6) is -1.49. The summed E-state index contributed by atoms with van der Waals surface area (Å²) < 4.78 is 5.12. The van der Waals surface area contributed by atoms with Gasteiger partial charge in [0, 0.05) is 10.5 Å². The molecule has 0 saturated carbocycles. The minimum atomic E-state index is -0.746. The number of ketones is 1. The van der Waals surface area contributed by atoms with Gasteiger partial charge >= 0.3 is 5.97 Å². The first-order valence-electron chi connectivity index (χ1n) is 6.70. The maximum absolute atomic E-state index is 12.1. The van der Waals surface area contributed by atoms with E-state index < -0.39 is 11.8 Å². The number of nitrogens with zero attached hydrogens (tertiary/aromatic N) is 3. The van der Waals surface area contributed by atoms with Gasteiger partial charge in [0.15, 0.2) is 5.78 Å². The Morgan fingerprint density at radius 2 is 1.91 bits per heavy atom. The van der Waals surface area contributed by atoms with Crippen molar-refractivity contribution in [3.8, 4) is 5.75 Å². The van der Waals surface area contributed by atoms with E-state index in [9.17, 15) is 14.7 Å². The van der Waals surface area contributed by atoms with Crippen LogP contribution in [0.1, 0.15) is 26.3 Å². The third kappa shape index (κ3) is 4.33. The summed E-state index contributed by atoms with van der Waals surface area (Å²) >= 11 is 0. The second-order valence-electron chi connectivity index (χ2n) is 4.61. The molecule has 1 N–H and O–H groups in total. The Labute approximate surface area is 131 Å². The number of carbonyl (C=O) groups excluding carboxylic acids is 2. The number of phenolic OH excluding ortho intramolecular Hbond substituents is 1. The van der Waals surface area contributed by atoms with E-state index in [0.29, 0.717) is 0 Å². The molecule has 2 aromatic carbocycles. The van der Waals surface area contributed by atoms with Gasteiger partial charge in [-0.15, -0.1) is 0 Å². The van der Waals surface area contributed by atoms with E-state index in [1.165, 1.54) is 18.2 Å². The van der Waals surface area contributed by atoms with Gasteiger partial charge in [0.2, 0.25) is 0 Å². The lowest BCUT2D eigenvalue weighted by Crippen LogP contribution is -2.09. The molecule has 2 aromatic rings. The van der Waals surface area contributed by atoms with Gasteiger partial charge in [0.25, 0.3) is 0 Å². The maximum atomic E-state index is 12.1. The first-order chi connectivity index (χ1) is 11.1. The Morgan fingerprint density at radius 3 is 2.61 bits per heavy atom. The van der Waals surface area contributed by atoms with Crippen LogP contribution in [0.25, 0.3) is 10.4 Å². The highest BCUT2D eigenvalue weighted by atomic mass is 16.5. The van der Waals surface area contributed by atoms with Crippen molar-refractivity contribution in [2.24, 2.45) is 5.11 Å². The average Bonchev–Trinajstić information content (AvgIpc) is 2.58. The van der Waals surface area contributed by atoms with Crippen LogP contribution >= 0.6 is 0 Å². The Hall–Kier alpha value is -3.31. The van der Waals surface area contributed by atoms with Gasteiger partial charge in [0.05, 0.1) is 6.54 Å². The summed E-state index contributed by atoms with van der Waals surface area (Å²) in [4.78, 5) is 26.3. The van der Waals surface area contributed by atoms with Crippen LogP contribution in [0.5, 0.6) is 5.75 Å². The fourth-order valence-corrected chi connectivity index (χ4v) is 1.86. The summed E-state index contributed by atoms with van der Waals surface area (Å²) in [6, 6.07) is 12.9. The zero-order valence-corrected chi connectivity index (χ0v) is 12.0. The Bertz CT molecular complexity index is 768. The molecule has 0 radical (unpaired) electrons.